The quantitative estimate of drug-likeness (QED) is 0.899. The molecule has 0 unspecified atom stereocenters. The van der Waals surface area contributed by atoms with Gasteiger partial charge in [0.1, 0.15) is 23.0 Å². The lowest BCUT2D eigenvalue weighted by atomic mass is 10.1. The molecule has 18 heavy (non-hydrogen) atoms. The fourth-order valence-corrected chi connectivity index (χ4v) is 1.81. The first-order valence-corrected chi connectivity index (χ1v) is 5.73. The molecular formula is C13H17N3O2. The number of aromatic nitrogens is 2. The van der Waals surface area contributed by atoms with E-state index in [4.69, 9.17) is 15.2 Å². The molecule has 1 aromatic heterocycles. The summed E-state index contributed by atoms with van der Waals surface area (Å²) in [6.07, 6.45) is 1.73. The van der Waals surface area contributed by atoms with E-state index in [1.54, 1.807) is 20.5 Å². The van der Waals surface area contributed by atoms with Gasteiger partial charge in [0.2, 0.25) is 0 Å². The van der Waals surface area contributed by atoms with E-state index in [0.29, 0.717) is 5.82 Å². The molecule has 5 heteroatoms. The number of ether oxygens (including phenoxy) is 2. The van der Waals surface area contributed by atoms with Gasteiger partial charge in [-0.25, -0.2) is 4.98 Å². The third kappa shape index (κ3) is 2.11. The molecule has 0 radical (unpaired) electrons. The number of aryl methyl sites for hydroxylation is 1. The van der Waals surface area contributed by atoms with Crippen molar-refractivity contribution in [2.45, 2.75) is 13.5 Å². The van der Waals surface area contributed by atoms with Crippen LogP contribution in [0.25, 0.3) is 11.3 Å². The Morgan fingerprint density at radius 1 is 1.17 bits per heavy atom. The van der Waals surface area contributed by atoms with Gasteiger partial charge in [-0.05, 0) is 19.1 Å². The van der Waals surface area contributed by atoms with Crippen molar-refractivity contribution in [2.75, 3.05) is 20.0 Å². The summed E-state index contributed by atoms with van der Waals surface area (Å²) in [5.41, 5.74) is 7.68. The lowest BCUT2D eigenvalue weighted by Gasteiger charge is -2.08. The summed E-state index contributed by atoms with van der Waals surface area (Å²) in [5.74, 6) is 2.08. The van der Waals surface area contributed by atoms with Crippen LogP contribution in [0.2, 0.25) is 0 Å². The number of nitrogens with zero attached hydrogens (tertiary/aromatic N) is 2. The van der Waals surface area contributed by atoms with Crippen molar-refractivity contribution in [3.8, 4) is 22.8 Å². The molecule has 0 aliphatic carbocycles. The first kappa shape index (κ1) is 12.3. The van der Waals surface area contributed by atoms with Crippen molar-refractivity contribution in [2.24, 2.45) is 0 Å². The van der Waals surface area contributed by atoms with Crippen molar-refractivity contribution < 1.29 is 9.47 Å². The number of nitrogen functional groups attached to an aromatic ring is 1. The van der Waals surface area contributed by atoms with Gasteiger partial charge in [0.05, 0.1) is 20.5 Å². The van der Waals surface area contributed by atoms with Crippen LogP contribution in [-0.2, 0) is 6.54 Å². The highest BCUT2D eigenvalue weighted by molar-refractivity contribution is 5.72. The lowest BCUT2D eigenvalue weighted by Crippen LogP contribution is -1.99. The number of methoxy groups -OCH3 is 2. The summed E-state index contributed by atoms with van der Waals surface area (Å²) in [7, 11) is 3.24. The molecule has 2 N–H and O–H groups in total. The number of imidazole rings is 1. The number of hydrogen-bond donors (Lipinski definition) is 1. The van der Waals surface area contributed by atoms with Gasteiger partial charge < -0.3 is 19.8 Å². The van der Waals surface area contributed by atoms with E-state index in [2.05, 4.69) is 4.98 Å². The maximum Gasteiger partial charge on any atom is 0.131 e. The molecule has 2 aromatic rings. The molecule has 96 valence electrons. The average Bonchev–Trinajstić information content (AvgIpc) is 2.79. The second-order valence-electron chi connectivity index (χ2n) is 3.87. The van der Waals surface area contributed by atoms with Gasteiger partial charge in [-0.1, -0.05) is 0 Å². The first-order chi connectivity index (χ1) is 8.69. The maximum absolute atomic E-state index is 6.05. The Hall–Kier alpha value is -2.17. The Kier molecular flexibility index (Phi) is 3.41. The molecule has 0 spiro atoms. The molecule has 0 saturated heterocycles. The second-order valence-corrected chi connectivity index (χ2v) is 3.87. The molecule has 1 aromatic carbocycles. The number of rotatable bonds is 4. The molecule has 0 aliphatic rings. The molecule has 0 aliphatic heterocycles. The normalized spacial score (nSPS) is 10.4. The Bertz CT molecular complexity index is 527. The van der Waals surface area contributed by atoms with Gasteiger partial charge >= 0.3 is 0 Å². The van der Waals surface area contributed by atoms with E-state index >= 15 is 0 Å². The summed E-state index contributed by atoms with van der Waals surface area (Å²) in [5, 5.41) is 0. The fourth-order valence-electron chi connectivity index (χ4n) is 1.81. The van der Waals surface area contributed by atoms with Crippen LogP contribution in [0.5, 0.6) is 11.5 Å². The number of anilines is 1. The molecule has 0 atom stereocenters. The zero-order valence-electron chi connectivity index (χ0n) is 10.8. The van der Waals surface area contributed by atoms with Gasteiger partial charge in [-0.2, -0.15) is 0 Å². The number of hydrogen-bond acceptors (Lipinski definition) is 4. The SMILES string of the molecule is CCn1cnc(-c2cc(OC)cc(OC)c2)c1N. The van der Waals surface area contributed by atoms with E-state index in [0.717, 1.165) is 29.3 Å². The van der Waals surface area contributed by atoms with Crippen molar-refractivity contribution in [3.05, 3.63) is 24.5 Å². The molecule has 2 rings (SSSR count). The highest BCUT2D eigenvalue weighted by Gasteiger charge is 2.11. The summed E-state index contributed by atoms with van der Waals surface area (Å²) in [6.45, 7) is 2.81. The lowest BCUT2D eigenvalue weighted by molar-refractivity contribution is 0.394. The average molecular weight is 247 g/mol. The molecule has 5 nitrogen and oxygen atoms in total. The maximum atomic E-state index is 6.05. The van der Waals surface area contributed by atoms with Crippen LogP contribution in [0, 0.1) is 0 Å². The predicted molar refractivity (Wildman–Crippen MR) is 70.9 cm³/mol. The minimum atomic E-state index is 0.646. The molecule has 0 fully saturated rings. The van der Waals surface area contributed by atoms with Crippen molar-refractivity contribution in [3.63, 3.8) is 0 Å². The largest absolute Gasteiger partial charge is 0.497 e. The van der Waals surface area contributed by atoms with E-state index in [1.165, 1.54) is 0 Å². The summed E-state index contributed by atoms with van der Waals surface area (Å²) in [4.78, 5) is 4.33. The Labute approximate surface area is 106 Å². The van der Waals surface area contributed by atoms with Crippen LogP contribution < -0.4 is 15.2 Å². The van der Waals surface area contributed by atoms with Gasteiger partial charge in [-0.15, -0.1) is 0 Å². The Balaban J connectivity index is 2.52. The van der Waals surface area contributed by atoms with E-state index in [9.17, 15) is 0 Å². The van der Waals surface area contributed by atoms with Crippen molar-refractivity contribution in [1.82, 2.24) is 9.55 Å². The molecule has 0 saturated carbocycles. The number of nitrogens with two attached hydrogens (primary N) is 1. The van der Waals surface area contributed by atoms with E-state index < -0.39 is 0 Å². The smallest absolute Gasteiger partial charge is 0.131 e. The van der Waals surface area contributed by atoms with Gasteiger partial charge in [0.25, 0.3) is 0 Å². The molecular weight excluding hydrogens is 230 g/mol. The zero-order valence-corrected chi connectivity index (χ0v) is 10.8. The standard InChI is InChI=1S/C13H17N3O2/c1-4-16-8-15-12(13(16)14)9-5-10(17-2)7-11(6-9)18-3/h5-8H,4,14H2,1-3H3. The third-order valence-electron chi connectivity index (χ3n) is 2.84. The second kappa shape index (κ2) is 5.00. The minimum absolute atomic E-state index is 0.646. The molecule has 0 amide bonds. The van der Waals surface area contributed by atoms with Gasteiger partial charge in [0, 0.05) is 18.2 Å². The monoisotopic (exact) mass is 247 g/mol. The van der Waals surface area contributed by atoms with Crippen molar-refractivity contribution >= 4 is 5.82 Å². The zero-order chi connectivity index (χ0) is 13.1. The summed E-state index contributed by atoms with van der Waals surface area (Å²) >= 11 is 0. The Morgan fingerprint density at radius 2 is 1.78 bits per heavy atom. The van der Waals surface area contributed by atoms with Crippen LogP contribution in [0.4, 0.5) is 5.82 Å². The summed E-state index contributed by atoms with van der Waals surface area (Å²) in [6, 6.07) is 5.60. The summed E-state index contributed by atoms with van der Waals surface area (Å²) < 4.78 is 12.4. The van der Waals surface area contributed by atoms with Gasteiger partial charge in [0.15, 0.2) is 0 Å². The predicted octanol–water partition coefficient (Wildman–Crippen LogP) is 2.17. The van der Waals surface area contributed by atoms with E-state index in [-0.39, 0.29) is 0 Å². The highest BCUT2D eigenvalue weighted by Crippen LogP contribution is 2.31. The van der Waals surface area contributed by atoms with Crippen molar-refractivity contribution in [1.29, 1.82) is 0 Å². The molecule has 0 bridgehead atoms. The third-order valence-corrected chi connectivity index (χ3v) is 2.84. The van der Waals surface area contributed by atoms with Crippen LogP contribution in [0.1, 0.15) is 6.92 Å². The fraction of sp³-hybridized carbons (Fsp3) is 0.308. The van der Waals surface area contributed by atoms with Crippen LogP contribution >= 0.6 is 0 Å². The Morgan fingerprint density at radius 3 is 2.22 bits per heavy atom. The van der Waals surface area contributed by atoms with E-state index in [1.807, 2.05) is 29.7 Å². The van der Waals surface area contributed by atoms with Gasteiger partial charge in [-0.3, -0.25) is 0 Å². The van der Waals surface area contributed by atoms with Crippen LogP contribution in [-0.4, -0.2) is 23.8 Å². The minimum Gasteiger partial charge on any atom is -0.497 e. The molecule has 1 heterocycles. The van der Waals surface area contributed by atoms with Crippen LogP contribution in [0.3, 0.4) is 0 Å². The highest BCUT2D eigenvalue weighted by atomic mass is 16.5. The van der Waals surface area contributed by atoms with Crippen LogP contribution in [0.15, 0.2) is 24.5 Å². The topological polar surface area (TPSA) is 62.3 Å². The first-order valence-electron chi connectivity index (χ1n) is 5.73. The number of benzene rings is 1.